The Morgan fingerprint density at radius 1 is 1.23 bits per heavy atom. The molecule has 2 aliphatic rings. The van der Waals surface area contributed by atoms with Crippen molar-refractivity contribution in [3.63, 3.8) is 0 Å². The molecule has 0 radical (unpaired) electrons. The molecule has 5 nitrogen and oxygen atoms in total. The third kappa shape index (κ3) is 4.09. The number of hydrogen-bond donors (Lipinski definition) is 1. The van der Waals surface area contributed by atoms with Crippen molar-refractivity contribution in [3.8, 4) is 0 Å². The quantitative estimate of drug-likeness (QED) is 0.761. The largest absolute Gasteiger partial charge is 0.382 e. The summed E-state index contributed by atoms with van der Waals surface area (Å²) in [7, 11) is 0. The van der Waals surface area contributed by atoms with Crippen LogP contribution in [0.1, 0.15) is 67.9 Å². The summed E-state index contributed by atoms with van der Waals surface area (Å²) in [5.74, 6) is 0.653. The highest BCUT2D eigenvalue weighted by Gasteiger charge is 2.41. The van der Waals surface area contributed by atoms with E-state index < -0.39 is 6.04 Å². The van der Waals surface area contributed by atoms with Gasteiger partial charge in [0, 0.05) is 31.4 Å². The predicted octanol–water partition coefficient (Wildman–Crippen LogP) is 3.31. The first-order chi connectivity index (χ1) is 12.6. The molecule has 1 heterocycles. The second-order valence-electron chi connectivity index (χ2n) is 7.50. The molecule has 0 aromatic heterocycles. The van der Waals surface area contributed by atoms with Crippen LogP contribution >= 0.6 is 0 Å². The highest BCUT2D eigenvalue weighted by atomic mass is 16.5. The molecule has 26 heavy (non-hydrogen) atoms. The number of carbonyl (C=O) groups is 2. The van der Waals surface area contributed by atoms with E-state index in [-0.39, 0.29) is 17.9 Å². The first-order valence-corrected chi connectivity index (χ1v) is 9.89. The molecule has 142 valence electrons. The van der Waals surface area contributed by atoms with E-state index in [2.05, 4.69) is 12.2 Å². The standard InChI is InChI=1S/C21H30N2O3/c1-3-26-14-6-13-23-19(17-7-4-5-8-18(17)21(23)25)20(24)22-16-11-9-15(2)10-12-16/h4-5,7-8,15-16,19H,3,6,9-14H2,1-2H3,(H,22,24)/t15?,16?,19-/m1/s1. The molecule has 1 aliphatic heterocycles. The Labute approximate surface area is 156 Å². The number of ether oxygens (including phenoxy) is 1. The number of hydrogen-bond acceptors (Lipinski definition) is 3. The van der Waals surface area contributed by atoms with Crippen LogP contribution in [0.4, 0.5) is 0 Å². The third-order valence-corrected chi connectivity index (χ3v) is 5.56. The van der Waals surface area contributed by atoms with Crippen LogP contribution in [-0.4, -0.2) is 42.5 Å². The molecular formula is C21H30N2O3. The van der Waals surface area contributed by atoms with Gasteiger partial charge in [0.05, 0.1) is 0 Å². The van der Waals surface area contributed by atoms with E-state index in [1.807, 2.05) is 31.2 Å². The predicted molar refractivity (Wildman–Crippen MR) is 101 cm³/mol. The van der Waals surface area contributed by atoms with Gasteiger partial charge in [-0.2, -0.15) is 0 Å². The zero-order valence-corrected chi connectivity index (χ0v) is 15.9. The molecule has 0 unspecified atom stereocenters. The first kappa shape index (κ1) is 18.9. The van der Waals surface area contributed by atoms with Crippen molar-refractivity contribution in [1.29, 1.82) is 0 Å². The molecule has 1 aliphatic carbocycles. The molecule has 3 rings (SSSR count). The molecule has 0 saturated heterocycles. The van der Waals surface area contributed by atoms with Gasteiger partial charge < -0.3 is 15.0 Å². The lowest BCUT2D eigenvalue weighted by Gasteiger charge is -2.30. The summed E-state index contributed by atoms with van der Waals surface area (Å²) in [4.78, 5) is 27.6. The van der Waals surface area contributed by atoms with Crippen molar-refractivity contribution in [3.05, 3.63) is 35.4 Å². The van der Waals surface area contributed by atoms with Crippen LogP contribution in [0.3, 0.4) is 0 Å². The van der Waals surface area contributed by atoms with Gasteiger partial charge in [-0.05, 0) is 56.6 Å². The van der Waals surface area contributed by atoms with Crippen molar-refractivity contribution < 1.29 is 14.3 Å². The fourth-order valence-electron chi connectivity index (χ4n) is 4.05. The van der Waals surface area contributed by atoms with Crippen LogP contribution in [0.5, 0.6) is 0 Å². The topological polar surface area (TPSA) is 58.6 Å². The van der Waals surface area contributed by atoms with E-state index in [1.54, 1.807) is 4.90 Å². The highest BCUT2D eigenvalue weighted by Crippen LogP contribution is 2.34. The van der Waals surface area contributed by atoms with Gasteiger partial charge in [0.2, 0.25) is 5.91 Å². The van der Waals surface area contributed by atoms with Gasteiger partial charge in [-0.25, -0.2) is 0 Å². The van der Waals surface area contributed by atoms with Gasteiger partial charge in [-0.3, -0.25) is 9.59 Å². The number of benzene rings is 1. The highest BCUT2D eigenvalue weighted by molar-refractivity contribution is 6.04. The van der Waals surface area contributed by atoms with Crippen LogP contribution in [0.2, 0.25) is 0 Å². The lowest BCUT2D eigenvalue weighted by Crippen LogP contribution is -2.44. The Balaban J connectivity index is 1.71. The van der Waals surface area contributed by atoms with Crippen molar-refractivity contribution in [2.75, 3.05) is 19.8 Å². The molecule has 0 spiro atoms. The number of nitrogens with one attached hydrogen (secondary N) is 1. The molecule has 1 N–H and O–H groups in total. The number of rotatable bonds is 7. The smallest absolute Gasteiger partial charge is 0.255 e. The average molecular weight is 358 g/mol. The maximum absolute atomic E-state index is 13.1. The number of carbonyl (C=O) groups excluding carboxylic acids is 2. The van der Waals surface area contributed by atoms with Crippen LogP contribution < -0.4 is 5.32 Å². The SMILES string of the molecule is CCOCCCN1C(=O)c2ccccc2[C@@H]1C(=O)NC1CCC(C)CC1. The van der Waals surface area contributed by atoms with E-state index in [0.717, 1.165) is 43.6 Å². The summed E-state index contributed by atoms with van der Waals surface area (Å²) >= 11 is 0. The summed E-state index contributed by atoms with van der Waals surface area (Å²) in [6, 6.07) is 7.20. The van der Waals surface area contributed by atoms with Crippen LogP contribution in [0.15, 0.2) is 24.3 Å². The Morgan fingerprint density at radius 3 is 2.69 bits per heavy atom. The maximum Gasteiger partial charge on any atom is 0.255 e. The van der Waals surface area contributed by atoms with Crippen LogP contribution in [-0.2, 0) is 9.53 Å². The molecule has 1 saturated carbocycles. The van der Waals surface area contributed by atoms with Crippen LogP contribution in [0.25, 0.3) is 0 Å². The lowest BCUT2D eigenvalue weighted by molar-refractivity contribution is -0.126. The lowest BCUT2D eigenvalue weighted by atomic mass is 9.87. The van der Waals surface area contributed by atoms with Crippen molar-refractivity contribution in [1.82, 2.24) is 10.2 Å². The molecule has 2 amide bonds. The average Bonchev–Trinajstić information content (AvgIpc) is 2.93. The van der Waals surface area contributed by atoms with E-state index in [1.165, 1.54) is 0 Å². The van der Waals surface area contributed by atoms with Crippen molar-refractivity contribution >= 4 is 11.8 Å². The molecule has 1 aromatic rings. The summed E-state index contributed by atoms with van der Waals surface area (Å²) in [6.07, 6.45) is 5.10. The van der Waals surface area contributed by atoms with Gasteiger partial charge in [0.1, 0.15) is 6.04 Å². The number of nitrogens with zero attached hydrogens (tertiary/aromatic N) is 1. The van der Waals surface area contributed by atoms with Gasteiger partial charge in [-0.1, -0.05) is 25.1 Å². The molecule has 0 bridgehead atoms. The second kappa shape index (κ2) is 8.67. The summed E-state index contributed by atoms with van der Waals surface area (Å²) in [5.41, 5.74) is 1.48. The Kier molecular flexibility index (Phi) is 6.30. The van der Waals surface area contributed by atoms with E-state index in [4.69, 9.17) is 4.74 Å². The van der Waals surface area contributed by atoms with Crippen molar-refractivity contribution in [2.24, 2.45) is 5.92 Å². The molecule has 1 atom stereocenters. The zero-order valence-electron chi connectivity index (χ0n) is 15.9. The Hall–Kier alpha value is -1.88. The third-order valence-electron chi connectivity index (χ3n) is 5.56. The van der Waals surface area contributed by atoms with Gasteiger partial charge in [-0.15, -0.1) is 0 Å². The minimum absolute atomic E-state index is 0.0423. The van der Waals surface area contributed by atoms with Crippen molar-refractivity contribution in [2.45, 2.75) is 58.0 Å². The van der Waals surface area contributed by atoms with E-state index in [9.17, 15) is 9.59 Å². The number of fused-ring (bicyclic) bond motifs is 1. The molecular weight excluding hydrogens is 328 g/mol. The van der Waals surface area contributed by atoms with E-state index in [0.29, 0.717) is 25.3 Å². The van der Waals surface area contributed by atoms with Gasteiger partial charge in [0.15, 0.2) is 0 Å². The minimum Gasteiger partial charge on any atom is -0.382 e. The minimum atomic E-state index is -0.514. The Morgan fingerprint density at radius 2 is 1.96 bits per heavy atom. The van der Waals surface area contributed by atoms with E-state index >= 15 is 0 Å². The zero-order chi connectivity index (χ0) is 18.5. The van der Waals surface area contributed by atoms with Crippen LogP contribution in [0, 0.1) is 5.92 Å². The second-order valence-corrected chi connectivity index (χ2v) is 7.50. The normalized spacial score (nSPS) is 25.2. The molecule has 1 aromatic carbocycles. The summed E-state index contributed by atoms with van der Waals surface area (Å²) in [6.45, 7) is 6.03. The summed E-state index contributed by atoms with van der Waals surface area (Å²) < 4.78 is 5.39. The summed E-state index contributed by atoms with van der Waals surface area (Å²) in [5, 5.41) is 3.21. The Bertz CT molecular complexity index is 638. The van der Waals surface area contributed by atoms with Gasteiger partial charge >= 0.3 is 0 Å². The molecule has 5 heteroatoms. The number of amides is 2. The monoisotopic (exact) mass is 358 g/mol. The maximum atomic E-state index is 13.1. The van der Waals surface area contributed by atoms with Gasteiger partial charge in [0.25, 0.3) is 5.91 Å². The fourth-order valence-corrected chi connectivity index (χ4v) is 4.05. The molecule has 1 fully saturated rings. The first-order valence-electron chi connectivity index (χ1n) is 9.89. The fraction of sp³-hybridized carbons (Fsp3) is 0.619.